The van der Waals surface area contributed by atoms with Crippen LogP contribution >= 0.6 is 0 Å². The molecule has 8 nitrogen and oxygen atoms in total. The van der Waals surface area contributed by atoms with Gasteiger partial charge >= 0.3 is 0 Å². The summed E-state index contributed by atoms with van der Waals surface area (Å²) in [6, 6.07) is 21.6. The van der Waals surface area contributed by atoms with Gasteiger partial charge in [0.1, 0.15) is 5.75 Å². The SMILES string of the molecule is COc1ccc(-c2ccc(N3CCN(C(=O)c4cnn(-c5ccccc5)c4C)CC3)nn2)cc1. The summed E-state index contributed by atoms with van der Waals surface area (Å²) < 4.78 is 7.02. The van der Waals surface area contributed by atoms with Gasteiger partial charge in [0, 0.05) is 31.7 Å². The Morgan fingerprint density at radius 3 is 2.26 bits per heavy atom. The van der Waals surface area contributed by atoms with Gasteiger partial charge < -0.3 is 14.5 Å². The third kappa shape index (κ3) is 4.22. The Balaban J connectivity index is 1.22. The molecule has 172 valence electrons. The maximum absolute atomic E-state index is 13.2. The molecule has 3 heterocycles. The molecule has 0 N–H and O–H groups in total. The number of amides is 1. The largest absolute Gasteiger partial charge is 0.497 e. The molecule has 0 atom stereocenters. The van der Waals surface area contributed by atoms with Crippen molar-refractivity contribution in [2.24, 2.45) is 0 Å². The number of hydrogen-bond donors (Lipinski definition) is 0. The van der Waals surface area contributed by atoms with E-state index in [1.54, 1.807) is 13.3 Å². The Morgan fingerprint density at radius 1 is 0.882 bits per heavy atom. The minimum Gasteiger partial charge on any atom is -0.497 e. The van der Waals surface area contributed by atoms with Crippen molar-refractivity contribution >= 4 is 11.7 Å². The third-order valence-electron chi connectivity index (χ3n) is 6.17. The van der Waals surface area contributed by atoms with Crippen LogP contribution in [0.5, 0.6) is 5.75 Å². The second-order valence-corrected chi connectivity index (χ2v) is 8.18. The van der Waals surface area contributed by atoms with E-state index < -0.39 is 0 Å². The van der Waals surface area contributed by atoms with Crippen LogP contribution < -0.4 is 9.64 Å². The minimum atomic E-state index is 0.0141. The highest BCUT2D eigenvalue weighted by molar-refractivity contribution is 5.95. The minimum absolute atomic E-state index is 0.0141. The van der Waals surface area contributed by atoms with Crippen molar-refractivity contribution in [1.29, 1.82) is 0 Å². The van der Waals surface area contributed by atoms with Crippen LogP contribution in [0.2, 0.25) is 0 Å². The van der Waals surface area contributed by atoms with Crippen LogP contribution in [-0.4, -0.2) is 64.1 Å². The van der Waals surface area contributed by atoms with E-state index in [1.165, 1.54) is 0 Å². The zero-order chi connectivity index (χ0) is 23.5. The maximum Gasteiger partial charge on any atom is 0.257 e. The summed E-state index contributed by atoms with van der Waals surface area (Å²) in [4.78, 5) is 17.2. The van der Waals surface area contributed by atoms with Gasteiger partial charge in [0.15, 0.2) is 5.82 Å². The van der Waals surface area contributed by atoms with Crippen LogP contribution in [0.4, 0.5) is 5.82 Å². The van der Waals surface area contributed by atoms with Crippen molar-refractivity contribution < 1.29 is 9.53 Å². The van der Waals surface area contributed by atoms with Crippen molar-refractivity contribution in [3.05, 3.63) is 84.2 Å². The van der Waals surface area contributed by atoms with E-state index in [0.29, 0.717) is 31.7 Å². The molecule has 34 heavy (non-hydrogen) atoms. The number of hydrogen-bond acceptors (Lipinski definition) is 6. The summed E-state index contributed by atoms with van der Waals surface area (Å²) in [7, 11) is 1.65. The lowest BCUT2D eigenvalue weighted by Crippen LogP contribution is -2.49. The zero-order valence-electron chi connectivity index (χ0n) is 19.3. The summed E-state index contributed by atoms with van der Waals surface area (Å²) >= 11 is 0. The fourth-order valence-electron chi connectivity index (χ4n) is 4.17. The normalized spacial score (nSPS) is 13.7. The molecule has 4 aromatic rings. The number of benzene rings is 2. The topological polar surface area (TPSA) is 76.4 Å². The molecule has 0 saturated carbocycles. The number of methoxy groups -OCH3 is 1. The van der Waals surface area contributed by atoms with E-state index in [0.717, 1.165) is 34.2 Å². The Hall–Kier alpha value is -4.20. The van der Waals surface area contributed by atoms with E-state index in [9.17, 15) is 4.79 Å². The number of anilines is 1. The number of piperazine rings is 1. The number of aromatic nitrogens is 4. The molecule has 1 amide bonds. The number of rotatable bonds is 5. The molecule has 2 aromatic heterocycles. The first-order valence-corrected chi connectivity index (χ1v) is 11.3. The van der Waals surface area contributed by atoms with E-state index in [-0.39, 0.29) is 5.91 Å². The van der Waals surface area contributed by atoms with Gasteiger partial charge in [0.25, 0.3) is 5.91 Å². The van der Waals surface area contributed by atoms with Gasteiger partial charge in [-0.15, -0.1) is 10.2 Å². The fraction of sp³-hybridized carbons (Fsp3) is 0.231. The average molecular weight is 455 g/mol. The van der Waals surface area contributed by atoms with Crippen LogP contribution in [0.1, 0.15) is 16.1 Å². The second kappa shape index (κ2) is 9.35. The summed E-state index contributed by atoms with van der Waals surface area (Å²) in [5.41, 5.74) is 4.23. The zero-order valence-corrected chi connectivity index (χ0v) is 19.3. The molecule has 0 aliphatic carbocycles. The van der Waals surface area contributed by atoms with Gasteiger partial charge in [-0.2, -0.15) is 5.10 Å². The van der Waals surface area contributed by atoms with Gasteiger partial charge in [-0.3, -0.25) is 4.79 Å². The van der Waals surface area contributed by atoms with E-state index in [4.69, 9.17) is 4.74 Å². The number of nitrogens with zero attached hydrogens (tertiary/aromatic N) is 6. The lowest BCUT2D eigenvalue weighted by atomic mass is 10.1. The van der Waals surface area contributed by atoms with Crippen molar-refractivity contribution in [3.8, 4) is 22.7 Å². The van der Waals surface area contributed by atoms with E-state index in [1.807, 2.05) is 83.2 Å². The van der Waals surface area contributed by atoms with Crippen LogP contribution in [0.15, 0.2) is 72.9 Å². The molecule has 2 aromatic carbocycles. The predicted octanol–water partition coefficient (Wildman–Crippen LogP) is 3.61. The number of ether oxygens (including phenoxy) is 1. The Morgan fingerprint density at radius 2 is 1.62 bits per heavy atom. The van der Waals surface area contributed by atoms with Crippen molar-refractivity contribution in [2.75, 3.05) is 38.2 Å². The monoisotopic (exact) mass is 454 g/mol. The van der Waals surface area contributed by atoms with Crippen molar-refractivity contribution in [3.63, 3.8) is 0 Å². The molecule has 0 unspecified atom stereocenters. The second-order valence-electron chi connectivity index (χ2n) is 8.18. The summed E-state index contributed by atoms with van der Waals surface area (Å²) in [5.74, 6) is 1.64. The van der Waals surface area contributed by atoms with E-state index >= 15 is 0 Å². The van der Waals surface area contributed by atoms with Crippen LogP contribution in [0.3, 0.4) is 0 Å². The maximum atomic E-state index is 13.2. The summed E-state index contributed by atoms with van der Waals surface area (Å²) in [6.07, 6.45) is 1.67. The molecular formula is C26H26N6O2. The van der Waals surface area contributed by atoms with Gasteiger partial charge in [0.05, 0.1) is 35.9 Å². The Bertz CT molecular complexity index is 1260. The highest BCUT2D eigenvalue weighted by Gasteiger charge is 2.26. The smallest absolute Gasteiger partial charge is 0.257 e. The number of carbonyl (C=O) groups is 1. The third-order valence-corrected chi connectivity index (χ3v) is 6.17. The molecule has 0 bridgehead atoms. The first kappa shape index (κ1) is 21.6. The van der Waals surface area contributed by atoms with Gasteiger partial charge in [-0.05, 0) is 55.5 Å². The number of carbonyl (C=O) groups excluding carboxylic acids is 1. The molecule has 1 fully saturated rings. The van der Waals surface area contributed by atoms with Crippen molar-refractivity contribution in [1.82, 2.24) is 24.9 Å². The molecule has 0 radical (unpaired) electrons. The summed E-state index contributed by atoms with van der Waals surface area (Å²) in [5, 5.41) is 13.3. The molecule has 5 rings (SSSR count). The van der Waals surface area contributed by atoms with Crippen LogP contribution in [-0.2, 0) is 0 Å². The van der Waals surface area contributed by atoms with Gasteiger partial charge in [-0.25, -0.2) is 4.68 Å². The molecule has 0 spiro atoms. The van der Waals surface area contributed by atoms with E-state index in [2.05, 4.69) is 20.2 Å². The standard InChI is InChI=1S/C26H26N6O2/c1-19-23(18-27-32(19)21-6-4-3-5-7-21)26(33)31-16-14-30(15-17-31)25-13-12-24(28-29-25)20-8-10-22(34-2)11-9-20/h3-13,18H,14-17H2,1-2H3. The van der Waals surface area contributed by atoms with Gasteiger partial charge in [-0.1, -0.05) is 18.2 Å². The van der Waals surface area contributed by atoms with Gasteiger partial charge in [0.2, 0.25) is 0 Å². The average Bonchev–Trinajstić information content (AvgIpc) is 3.30. The Labute approximate surface area is 198 Å². The molecule has 1 aliphatic heterocycles. The lowest BCUT2D eigenvalue weighted by Gasteiger charge is -2.35. The molecule has 1 saturated heterocycles. The number of para-hydroxylation sites is 1. The van der Waals surface area contributed by atoms with Crippen LogP contribution in [0.25, 0.3) is 16.9 Å². The first-order valence-electron chi connectivity index (χ1n) is 11.3. The highest BCUT2D eigenvalue weighted by Crippen LogP contribution is 2.23. The Kier molecular flexibility index (Phi) is 5.95. The molecule has 8 heteroatoms. The summed E-state index contributed by atoms with van der Waals surface area (Å²) in [6.45, 7) is 4.58. The molecule has 1 aliphatic rings. The highest BCUT2D eigenvalue weighted by atomic mass is 16.5. The first-order chi connectivity index (χ1) is 16.6. The predicted molar refractivity (Wildman–Crippen MR) is 130 cm³/mol. The lowest BCUT2D eigenvalue weighted by molar-refractivity contribution is 0.0745. The fourth-order valence-corrected chi connectivity index (χ4v) is 4.17. The molecular weight excluding hydrogens is 428 g/mol. The van der Waals surface area contributed by atoms with Crippen LogP contribution in [0, 0.1) is 6.92 Å². The quantitative estimate of drug-likeness (QED) is 0.459. The van der Waals surface area contributed by atoms with Crippen molar-refractivity contribution in [2.45, 2.75) is 6.92 Å².